The van der Waals surface area contributed by atoms with Gasteiger partial charge in [-0.1, -0.05) is 13.8 Å². The Bertz CT molecular complexity index is 473. The SMILES string of the molecule is CCNc1nc(C2CC2)nc(NC(CC)(CC)CO)c1C. The normalized spacial score (nSPS) is 15.1. The fraction of sp³-hybridized carbons (Fsp3) is 0.750. The van der Waals surface area contributed by atoms with Crippen molar-refractivity contribution in [3.63, 3.8) is 0 Å². The lowest BCUT2D eigenvalue weighted by molar-refractivity contribution is 0.202. The Morgan fingerprint density at radius 3 is 2.24 bits per heavy atom. The first-order valence-corrected chi connectivity index (χ1v) is 8.10. The van der Waals surface area contributed by atoms with Crippen molar-refractivity contribution >= 4 is 11.6 Å². The largest absolute Gasteiger partial charge is 0.394 e. The van der Waals surface area contributed by atoms with Crippen molar-refractivity contribution in [2.24, 2.45) is 0 Å². The lowest BCUT2D eigenvalue weighted by Gasteiger charge is -2.32. The molecule has 0 radical (unpaired) electrons. The van der Waals surface area contributed by atoms with Gasteiger partial charge in [0.05, 0.1) is 12.1 Å². The quantitative estimate of drug-likeness (QED) is 0.687. The van der Waals surface area contributed by atoms with Crippen molar-refractivity contribution in [3.8, 4) is 0 Å². The van der Waals surface area contributed by atoms with E-state index in [2.05, 4.69) is 36.4 Å². The van der Waals surface area contributed by atoms with Gasteiger partial charge in [-0.2, -0.15) is 0 Å². The van der Waals surface area contributed by atoms with Crippen LogP contribution in [-0.4, -0.2) is 33.8 Å². The summed E-state index contributed by atoms with van der Waals surface area (Å²) in [5.41, 5.74) is 0.727. The van der Waals surface area contributed by atoms with Crippen LogP contribution in [0.4, 0.5) is 11.6 Å². The predicted molar refractivity (Wildman–Crippen MR) is 86.9 cm³/mol. The smallest absolute Gasteiger partial charge is 0.136 e. The first-order chi connectivity index (χ1) is 10.1. The zero-order chi connectivity index (χ0) is 15.5. The van der Waals surface area contributed by atoms with Crippen LogP contribution in [0.25, 0.3) is 0 Å². The number of aliphatic hydroxyl groups is 1. The van der Waals surface area contributed by atoms with Crippen molar-refractivity contribution in [1.29, 1.82) is 0 Å². The molecule has 0 aliphatic heterocycles. The molecule has 0 saturated heterocycles. The molecule has 3 N–H and O–H groups in total. The van der Waals surface area contributed by atoms with Crippen molar-refractivity contribution in [3.05, 3.63) is 11.4 Å². The van der Waals surface area contributed by atoms with Gasteiger partial charge in [0.25, 0.3) is 0 Å². The Labute approximate surface area is 127 Å². The number of aliphatic hydroxyl groups excluding tert-OH is 1. The predicted octanol–water partition coefficient (Wildman–Crippen LogP) is 3.06. The zero-order valence-corrected chi connectivity index (χ0v) is 13.7. The zero-order valence-electron chi connectivity index (χ0n) is 13.7. The molecule has 118 valence electrons. The number of anilines is 2. The molecule has 0 atom stereocenters. The van der Waals surface area contributed by atoms with Gasteiger partial charge in [-0.15, -0.1) is 0 Å². The molecule has 1 saturated carbocycles. The minimum absolute atomic E-state index is 0.110. The summed E-state index contributed by atoms with van der Waals surface area (Å²) in [6.07, 6.45) is 4.08. The van der Waals surface area contributed by atoms with Crippen LogP contribution in [0.1, 0.15) is 63.8 Å². The number of aromatic nitrogens is 2. The van der Waals surface area contributed by atoms with E-state index in [1.54, 1.807) is 0 Å². The molecule has 21 heavy (non-hydrogen) atoms. The molecule has 5 nitrogen and oxygen atoms in total. The molecule has 2 rings (SSSR count). The molecule has 1 aromatic heterocycles. The number of rotatable bonds is 8. The maximum atomic E-state index is 9.77. The van der Waals surface area contributed by atoms with Gasteiger partial charge >= 0.3 is 0 Å². The van der Waals surface area contributed by atoms with E-state index in [9.17, 15) is 5.11 Å². The highest BCUT2D eigenvalue weighted by atomic mass is 16.3. The van der Waals surface area contributed by atoms with E-state index >= 15 is 0 Å². The highest BCUT2D eigenvalue weighted by Gasteiger charge is 2.30. The second-order valence-electron chi connectivity index (χ2n) is 5.98. The van der Waals surface area contributed by atoms with E-state index in [1.807, 2.05) is 6.92 Å². The first-order valence-electron chi connectivity index (χ1n) is 8.10. The summed E-state index contributed by atoms with van der Waals surface area (Å²) in [4.78, 5) is 9.40. The average molecular weight is 292 g/mol. The summed E-state index contributed by atoms with van der Waals surface area (Å²) in [7, 11) is 0. The van der Waals surface area contributed by atoms with Crippen LogP contribution in [0.5, 0.6) is 0 Å². The molecule has 0 aromatic carbocycles. The molecule has 0 spiro atoms. The molecular weight excluding hydrogens is 264 g/mol. The summed E-state index contributed by atoms with van der Waals surface area (Å²) in [6, 6.07) is 0. The van der Waals surface area contributed by atoms with Crippen molar-refractivity contribution in [2.45, 2.75) is 64.8 Å². The van der Waals surface area contributed by atoms with E-state index in [0.717, 1.165) is 42.4 Å². The summed E-state index contributed by atoms with van der Waals surface area (Å²) < 4.78 is 0. The molecule has 5 heteroatoms. The topological polar surface area (TPSA) is 70.1 Å². The summed E-state index contributed by atoms with van der Waals surface area (Å²) in [5.74, 6) is 3.21. The van der Waals surface area contributed by atoms with Gasteiger partial charge in [0, 0.05) is 18.0 Å². The highest BCUT2D eigenvalue weighted by Crippen LogP contribution is 2.40. The second kappa shape index (κ2) is 6.60. The Hall–Kier alpha value is -1.36. The van der Waals surface area contributed by atoms with Gasteiger partial charge in [0.2, 0.25) is 0 Å². The monoisotopic (exact) mass is 292 g/mol. The van der Waals surface area contributed by atoms with E-state index in [-0.39, 0.29) is 12.1 Å². The van der Waals surface area contributed by atoms with Crippen LogP contribution in [0.2, 0.25) is 0 Å². The molecule has 0 bridgehead atoms. The summed E-state index contributed by atoms with van der Waals surface area (Å²) >= 11 is 0. The third-order valence-corrected chi connectivity index (χ3v) is 4.49. The van der Waals surface area contributed by atoms with Gasteiger partial charge in [0.1, 0.15) is 17.5 Å². The number of hydrogen-bond acceptors (Lipinski definition) is 5. The first kappa shape index (κ1) is 16.0. The highest BCUT2D eigenvalue weighted by molar-refractivity contribution is 5.58. The molecule has 1 aliphatic rings. The van der Waals surface area contributed by atoms with Crippen LogP contribution in [-0.2, 0) is 0 Å². The number of hydrogen-bond donors (Lipinski definition) is 3. The molecule has 1 heterocycles. The minimum atomic E-state index is -0.302. The van der Waals surface area contributed by atoms with E-state index in [1.165, 1.54) is 12.8 Å². The van der Waals surface area contributed by atoms with Gasteiger partial charge in [0.15, 0.2) is 0 Å². The van der Waals surface area contributed by atoms with Crippen molar-refractivity contribution in [1.82, 2.24) is 9.97 Å². The summed E-state index contributed by atoms with van der Waals surface area (Å²) in [5, 5.41) is 16.6. The van der Waals surface area contributed by atoms with Crippen LogP contribution in [0.15, 0.2) is 0 Å². The average Bonchev–Trinajstić information content (AvgIpc) is 3.33. The minimum Gasteiger partial charge on any atom is -0.394 e. The van der Waals surface area contributed by atoms with E-state index in [0.29, 0.717) is 5.92 Å². The lowest BCUT2D eigenvalue weighted by atomic mass is 9.93. The third kappa shape index (κ3) is 3.46. The van der Waals surface area contributed by atoms with E-state index in [4.69, 9.17) is 4.98 Å². The fourth-order valence-electron chi connectivity index (χ4n) is 2.46. The van der Waals surface area contributed by atoms with Crippen molar-refractivity contribution in [2.75, 3.05) is 23.8 Å². The van der Waals surface area contributed by atoms with Crippen molar-refractivity contribution < 1.29 is 5.11 Å². The molecule has 1 aliphatic carbocycles. The van der Waals surface area contributed by atoms with Gasteiger partial charge in [-0.3, -0.25) is 0 Å². The standard InChI is InChI=1S/C16H28N4O/c1-5-16(6-2,10-21)20-14-11(4)13(17-7-3)18-15(19-14)12-8-9-12/h12,21H,5-10H2,1-4H3,(H2,17,18,19,20). The van der Waals surface area contributed by atoms with E-state index < -0.39 is 0 Å². The Morgan fingerprint density at radius 2 is 1.76 bits per heavy atom. The van der Waals surface area contributed by atoms with Crippen LogP contribution in [0, 0.1) is 6.92 Å². The number of nitrogens with zero attached hydrogens (tertiary/aromatic N) is 2. The Balaban J connectivity index is 2.36. The van der Waals surface area contributed by atoms with Crippen LogP contribution >= 0.6 is 0 Å². The second-order valence-corrected chi connectivity index (χ2v) is 5.98. The lowest BCUT2D eigenvalue weighted by Crippen LogP contribution is -2.41. The molecule has 1 fully saturated rings. The Morgan fingerprint density at radius 1 is 1.14 bits per heavy atom. The molecule has 1 aromatic rings. The Kier molecular flexibility index (Phi) is 5.04. The number of nitrogens with one attached hydrogen (secondary N) is 2. The van der Waals surface area contributed by atoms with Gasteiger partial charge < -0.3 is 15.7 Å². The van der Waals surface area contributed by atoms with Gasteiger partial charge in [-0.05, 0) is 39.5 Å². The van der Waals surface area contributed by atoms with Gasteiger partial charge in [-0.25, -0.2) is 9.97 Å². The summed E-state index contributed by atoms with van der Waals surface area (Å²) in [6.45, 7) is 9.24. The third-order valence-electron chi connectivity index (χ3n) is 4.49. The fourth-order valence-corrected chi connectivity index (χ4v) is 2.46. The molecule has 0 amide bonds. The molecule has 0 unspecified atom stereocenters. The maximum Gasteiger partial charge on any atom is 0.136 e. The maximum absolute atomic E-state index is 9.77. The van der Waals surface area contributed by atoms with Crippen LogP contribution in [0.3, 0.4) is 0 Å². The molecular formula is C16H28N4O. The van der Waals surface area contributed by atoms with Crippen LogP contribution < -0.4 is 10.6 Å².